The lowest BCUT2D eigenvalue weighted by Crippen LogP contribution is -2.49. The van der Waals surface area contributed by atoms with E-state index >= 15 is 0 Å². The lowest BCUT2D eigenvalue weighted by Gasteiger charge is -2.33. The van der Waals surface area contributed by atoms with Crippen LogP contribution in [0.3, 0.4) is 0 Å². The first-order valence-corrected chi connectivity index (χ1v) is 5.91. The number of hydrogen-bond donors (Lipinski definition) is 2. The molecule has 1 aliphatic rings. The molecule has 3 N–H and O–H groups in total. The normalized spacial score (nSPS) is 19.1. The number of nitrogens with zero attached hydrogens (tertiary/aromatic N) is 1. The van der Waals surface area contributed by atoms with Crippen LogP contribution in [0.1, 0.15) is 32.6 Å². The molecule has 0 aliphatic carbocycles. The van der Waals surface area contributed by atoms with E-state index in [4.69, 9.17) is 12.2 Å². The number of nitrogens with one attached hydrogen (secondary N) is 1. The van der Waals surface area contributed by atoms with Gasteiger partial charge < -0.3 is 16.0 Å². The van der Waals surface area contributed by atoms with Crippen molar-refractivity contribution in [1.29, 1.82) is 0 Å². The Balaban J connectivity index is 2.31. The Kier molecular flexibility index (Phi) is 5.13. The molecule has 0 radical (unpaired) electrons. The van der Waals surface area contributed by atoms with Crippen molar-refractivity contribution in [2.75, 3.05) is 13.1 Å². The molecule has 1 fully saturated rings. The van der Waals surface area contributed by atoms with Crippen LogP contribution < -0.4 is 11.1 Å². The van der Waals surface area contributed by atoms with E-state index in [1.807, 2.05) is 0 Å². The van der Waals surface area contributed by atoms with E-state index in [1.54, 1.807) is 4.90 Å². The quantitative estimate of drug-likeness (QED) is 0.696. The van der Waals surface area contributed by atoms with Crippen molar-refractivity contribution < 1.29 is 4.79 Å². The fourth-order valence-corrected chi connectivity index (χ4v) is 2.06. The molecule has 1 heterocycles. The third-order valence-corrected chi connectivity index (χ3v) is 3.14. The molecule has 1 unspecified atom stereocenters. The monoisotopic (exact) mass is 223 g/mol. The topological polar surface area (TPSA) is 58.4 Å². The second-order valence-electron chi connectivity index (χ2n) is 4.28. The highest BCUT2D eigenvalue weighted by atomic mass is 16.2. The summed E-state index contributed by atoms with van der Waals surface area (Å²) >= 11 is 0. The number of carbonyl (C=O) groups is 1. The van der Waals surface area contributed by atoms with Gasteiger partial charge in [-0.1, -0.05) is 6.92 Å². The largest absolute Gasteiger partial charge is 0.351 e. The minimum atomic E-state index is -0.311. The van der Waals surface area contributed by atoms with Gasteiger partial charge in [0, 0.05) is 31.6 Å². The van der Waals surface area contributed by atoms with Gasteiger partial charge in [-0.25, -0.2) is 4.79 Å². The van der Waals surface area contributed by atoms with Gasteiger partial charge in [0.1, 0.15) is 0 Å². The standard InChI is InChI=1S/C12H21N3O/c1-3-5-10(4-2)14-11-6-8-15(9-7-11)12(13)16/h1,10-11,14H,4-9H2,2H3,(H2,13,16). The number of rotatable bonds is 4. The third kappa shape index (κ3) is 3.74. The van der Waals surface area contributed by atoms with Gasteiger partial charge in [0.25, 0.3) is 0 Å². The SMILES string of the molecule is C#CCC(CC)NC1CCN(C(N)=O)CC1. The molecule has 4 nitrogen and oxygen atoms in total. The van der Waals surface area contributed by atoms with Crippen LogP contribution in [0.15, 0.2) is 0 Å². The molecule has 4 heteroatoms. The van der Waals surface area contributed by atoms with Gasteiger partial charge in [-0.15, -0.1) is 12.3 Å². The van der Waals surface area contributed by atoms with Crippen LogP contribution in [-0.2, 0) is 0 Å². The maximum atomic E-state index is 10.9. The second-order valence-corrected chi connectivity index (χ2v) is 4.28. The molecule has 0 aromatic rings. The number of primary amides is 1. The maximum Gasteiger partial charge on any atom is 0.314 e. The number of terminal acetylenes is 1. The second kappa shape index (κ2) is 6.39. The number of hydrogen-bond acceptors (Lipinski definition) is 2. The molecular formula is C12H21N3O. The summed E-state index contributed by atoms with van der Waals surface area (Å²) in [7, 11) is 0. The zero-order valence-electron chi connectivity index (χ0n) is 9.91. The molecule has 1 aliphatic heterocycles. The van der Waals surface area contributed by atoms with Crippen LogP contribution in [0.5, 0.6) is 0 Å². The van der Waals surface area contributed by atoms with Gasteiger partial charge >= 0.3 is 6.03 Å². The minimum Gasteiger partial charge on any atom is -0.351 e. The molecule has 1 atom stereocenters. The van der Waals surface area contributed by atoms with E-state index < -0.39 is 0 Å². The lowest BCUT2D eigenvalue weighted by molar-refractivity contribution is 0.182. The number of nitrogens with two attached hydrogens (primary N) is 1. The van der Waals surface area contributed by atoms with Gasteiger partial charge in [0.05, 0.1) is 0 Å². The van der Waals surface area contributed by atoms with E-state index in [0.717, 1.165) is 38.8 Å². The summed E-state index contributed by atoms with van der Waals surface area (Å²) in [6.07, 6.45) is 9.05. The van der Waals surface area contributed by atoms with Crippen LogP contribution in [0, 0.1) is 12.3 Å². The van der Waals surface area contributed by atoms with Gasteiger partial charge in [0.15, 0.2) is 0 Å². The Morgan fingerprint density at radius 2 is 2.25 bits per heavy atom. The summed E-state index contributed by atoms with van der Waals surface area (Å²) in [6, 6.07) is 0.554. The summed E-state index contributed by atoms with van der Waals surface area (Å²) in [5, 5.41) is 3.54. The first kappa shape index (κ1) is 12.9. The van der Waals surface area contributed by atoms with Crippen molar-refractivity contribution in [1.82, 2.24) is 10.2 Å². The van der Waals surface area contributed by atoms with Crippen molar-refractivity contribution >= 4 is 6.03 Å². The lowest BCUT2D eigenvalue weighted by atomic mass is 10.0. The summed E-state index contributed by atoms with van der Waals surface area (Å²) in [6.45, 7) is 3.63. The van der Waals surface area contributed by atoms with E-state index in [2.05, 4.69) is 18.2 Å². The highest BCUT2D eigenvalue weighted by Gasteiger charge is 2.22. The summed E-state index contributed by atoms with van der Waals surface area (Å²) in [4.78, 5) is 12.6. The molecule has 16 heavy (non-hydrogen) atoms. The first-order chi connectivity index (χ1) is 7.67. The van der Waals surface area contributed by atoms with Crippen molar-refractivity contribution in [3.05, 3.63) is 0 Å². The van der Waals surface area contributed by atoms with Crippen LogP contribution in [0.25, 0.3) is 0 Å². The molecule has 0 aromatic carbocycles. The van der Waals surface area contributed by atoms with E-state index in [9.17, 15) is 4.79 Å². The smallest absolute Gasteiger partial charge is 0.314 e. The summed E-state index contributed by atoms with van der Waals surface area (Å²) < 4.78 is 0. The molecule has 1 saturated heterocycles. The van der Waals surface area contributed by atoms with Gasteiger partial charge in [0.2, 0.25) is 0 Å². The fourth-order valence-electron chi connectivity index (χ4n) is 2.06. The van der Waals surface area contributed by atoms with Crippen LogP contribution >= 0.6 is 0 Å². The third-order valence-electron chi connectivity index (χ3n) is 3.14. The number of likely N-dealkylation sites (tertiary alicyclic amines) is 1. The molecule has 2 amide bonds. The number of piperidine rings is 1. The average Bonchev–Trinajstić information content (AvgIpc) is 2.29. The highest BCUT2D eigenvalue weighted by molar-refractivity contribution is 5.72. The molecule has 1 rings (SSSR count). The van der Waals surface area contributed by atoms with Crippen molar-refractivity contribution in [3.8, 4) is 12.3 Å². The summed E-state index contributed by atoms with van der Waals surface area (Å²) in [5.41, 5.74) is 5.23. The number of carbonyl (C=O) groups excluding carboxylic acids is 1. The van der Waals surface area contributed by atoms with Crippen molar-refractivity contribution in [2.24, 2.45) is 5.73 Å². The highest BCUT2D eigenvalue weighted by Crippen LogP contribution is 2.12. The van der Waals surface area contributed by atoms with Crippen molar-refractivity contribution in [2.45, 2.75) is 44.7 Å². The average molecular weight is 223 g/mol. The van der Waals surface area contributed by atoms with E-state index in [-0.39, 0.29) is 6.03 Å². The van der Waals surface area contributed by atoms with E-state index in [0.29, 0.717) is 12.1 Å². The maximum absolute atomic E-state index is 10.9. The number of urea groups is 1. The Morgan fingerprint density at radius 1 is 1.62 bits per heavy atom. The van der Waals surface area contributed by atoms with Gasteiger partial charge in [-0.3, -0.25) is 0 Å². The molecular weight excluding hydrogens is 202 g/mol. The van der Waals surface area contributed by atoms with Crippen LogP contribution in [-0.4, -0.2) is 36.1 Å². The minimum absolute atomic E-state index is 0.311. The zero-order chi connectivity index (χ0) is 12.0. The van der Waals surface area contributed by atoms with Crippen LogP contribution in [0.2, 0.25) is 0 Å². The van der Waals surface area contributed by atoms with Crippen LogP contribution in [0.4, 0.5) is 4.79 Å². The fraction of sp³-hybridized carbons (Fsp3) is 0.750. The Labute approximate surface area is 97.6 Å². The molecule has 0 saturated carbocycles. The van der Waals surface area contributed by atoms with E-state index in [1.165, 1.54) is 0 Å². The van der Waals surface area contributed by atoms with Gasteiger partial charge in [-0.2, -0.15) is 0 Å². The Bertz CT molecular complexity index is 264. The van der Waals surface area contributed by atoms with Gasteiger partial charge in [-0.05, 0) is 19.3 Å². The predicted molar refractivity (Wildman–Crippen MR) is 64.8 cm³/mol. The number of amides is 2. The Hall–Kier alpha value is -1.21. The predicted octanol–water partition coefficient (Wildman–Crippen LogP) is 0.921. The molecule has 0 bridgehead atoms. The molecule has 0 spiro atoms. The Morgan fingerprint density at radius 3 is 2.69 bits per heavy atom. The van der Waals surface area contributed by atoms with Crippen molar-refractivity contribution in [3.63, 3.8) is 0 Å². The zero-order valence-corrected chi connectivity index (χ0v) is 9.91. The summed E-state index contributed by atoms with van der Waals surface area (Å²) in [5.74, 6) is 2.69. The molecule has 90 valence electrons. The first-order valence-electron chi connectivity index (χ1n) is 5.91. The molecule has 0 aromatic heterocycles.